The molecular weight excluding hydrogens is 388 g/mol. The van der Waals surface area contributed by atoms with Crippen molar-refractivity contribution in [2.45, 2.75) is 50.6 Å². The second-order valence-corrected chi connectivity index (χ2v) is 9.96. The van der Waals surface area contributed by atoms with Gasteiger partial charge in [-0.15, -0.1) is 0 Å². The zero-order valence-electron chi connectivity index (χ0n) is 17.1. The van der Waals surface area contributed by atoms with Crippen LogP contribution in [0.2, 0.25) is 0 Å². The molecular formula is C21H28N4O3S. The van der Waals surface area contributed by atoms with Crippen molar-refractivity contribution in [3.63, 3.8) is 0 Å². The van der Waals surface area contributed by atoms with Crippen LogP contribution in [0.3, 0.4) is 0 Å². The van der Waals surface area contributed by atoms with E-state index in [4.69, 9.17) is 0 Å². The number of hydrogen-bond donors (Lipinski definition) is 2. The standard InChI is InChI=1S/C21H28N4O3S/c1-21(2,3)24-29(27,28)18-8-6-17(7-9-18)20(26)23-15-16-10-11-22-19(14-16)25-12-4-5-13-25/h6-11,14,24H,4-5,12-13,15H2,1-3H3,(H,23,26). The Kier molecular flexibility index (Phi) is 6.24. The molecule has 1 amide bonds. The number of nitrogens with zero attached hydrogens (tertiary/aromatic N) is 2. The van der Waals surface area contributed by atoms with Crippen LogP contribution >= 0.6 is 0 Å². The minimum absolute atomic E-state index is 0.133. The summed E-state index contributed by atoms with van der Waals surface area (Å²) in [5, 5.41) is 2.88. The monoisotopic (exact) mass is 416 g/mol. The number of anilines is 1. The van der Waals surface area contributed by atoms with E-state index in [2.05, 4.69) is 19.9 Å². The van der Waals surface area contributed by atoms with Crippen LogP contribution in [0, 0.1) is 0 Å². The van der Waals surface area contributed by atoms with Crippen LogP contribution in [-0.4, -0.2) is 37.9 Å². The Balaban J connectivity index is 1.62. The van der Waals surface area contributed by atoms with Crippen LogP contribution in [0.4, 0.5) is 5.82 Å². The maximum Gasteiger partial charge on any atom is 0.251 e. The highest BCUT2D eigenvalue weighted by Crippen LogP contribution is 2.18. The summed E-state index contributed by atoms with van der Waals surface area (Å²) in [4.78, 5) is 19.2. The van der Waals surface area contributed by atoms with E-state index >= 15 is 0 Å². The molecule has 29 heavy (non-hydrogen) atoms. The van der Waals surface area contributed by atoms with Crippen molar-refractivity contribution in [2.75, 3.05) is 18.0 Å². The summed E-state index contributed by atoms with van der Waals surface area (Å²) < 4.78 is 27.3. The van der Waals surface area contributed by atoms with Gasteiger partial charge in [-0.05, 0) is 75.6 Å². The first-order valence-corrected chi connectivity index (χ1v) is 11.2. The largest absolute Gasteiger partial charge is 0.357 e. The van der Waals surface area contributed by atoms with Crippen molar-refractivity contribution in [2.24, 2.45) is 0 Å². The molecule has 8 heteroatoms. The molecule has 0 atom stereocenters. The first-order chi connectivity index (χ1) is 13.6. The average Bonchev–Trinajstić information content (AvgIpc) is 3.19. The molecule has 0 unspecified atom stereocenters. The topological polar surface area (TPSA) is 91.4 Å². The minimum atomic E-state index is -3.62. The molecule has 2 heterocycles. The maximum absolute atomic E-state index is 12.4. The molecule has 0 radical (unpaired) electrons. The van der Waals surface area contributed by atoms with Gasteiger partial charge in [-0.3, -0.25) is 4.79 Å². The first kappa shape index (κ1) is 21.3. The lowest BCUT2D eigenvalue weighted by atomic mass is 10.1. The minimum Gasteiger partial charge on any atom is -0.357 e. The average molecular weight is 417 g/mol. The number of carbonyl (C=O) groups excluding carboxylic acids is 1. The molecule has 0 bridgehead atoms. The molecule has 2 N–H and O–H groups in total. The maximum atomic E-state index is 12.4. The Hall–Kier alpha value is -2.45. The van der Waals surface area contributed by atoms with Crippen molar-refractivity contribution >= 4 is 21.7 Å². The fraction of sp³-hybridized carbons (Fsp3) is 0.429. The van der Waals surface area contributed by atoms with Crippen LogP contribution in [0.25, 0.3) is 0 Å². The molecule has 1 aromatic heterocycles. The lowest BCUT2D eigenvalue weighted by Gasteiger charge is -2.20. The third-order valence-corrected chi connectivity index (χ3v) is 6.33. The summed E-state index contributed by atoms with van der Waals surface area (Å²) in [6.45, 7) is 7.75. The first-order valence-electron chi connectivity index (χ1n) is 9.76. The number of amides is 1. The Labute approximate surface area is 172 Å². The van der Waals surface area contributed by atoms with E-state index in [0.717, 1.165) is 24.5 Å². The number of rotatable bonds is 6. The number of carbonyl (C=O) groups is 1. The molecule has 1 aliphatic heterocycles. The Morgan fingerprint density at radius 1 is 1.10 bits per heavy atom. The van der Waals surface area contributed by atoms with Crippen molar-refractivity contribution in [3.05, 3.63) is 53.7 Å². The van der Waals surface area contributed by atoms with Crippen molar-refractivity contribution in [3.8, 4) is 0 Å². The summed E-state index contributed by atoms with van der Waals surface area (Å²) in [7, 11) is -3.62. The van der Waals surface area contributed by atoms with Gasteiger partial charge in [0.2, 0.25) is 10.0 Å². The lowest BCUT2D eigenvalue weighted by Crippen LogP contribution is -2.40. The molecule has 1 saturated heterocycles. The number of aromatic nitrogens is 1. The molecule has 0 saturated carbocycles. The lowest BCUT2D eigenvalue weighted by molar-refractivity contribution is 0.0950. The highest BCUT2D eigenvalue weighted by atomic mass is 32.2. The van der Waals surface area contributed by atoms with E-state index in [1.165, 1.54) is 37.1 Å². The van der Waals surface area contributed by atoms with Gasteiger partial charge in [0.15, 0.2) is 0 Å². The van der Waals surface area contributed by atoms with E-state index < -0.39 is 15.6 Å². The van der Waals surface area contributed by atoms with Gasteiger partial charge in [0.05, 0.1) is 4.90 Å². The van der Waals surface area contributed by atoms with Gasteiger partial charge >= 0.3 is 0 Å². The third-order valence-electron chi connectivity index (χ3n) is 4.56. The number of sulfonamides is 1. The SMILES string of the molecule is CC(C)(C)NS(=O)(=O)c1ccc(C(=O)NCc2ccnc(N3CCCC3)c2)cc1. The molecule has 1 fully saturated rings. The number of benzene rings is 1. The summed E-state index contributed by atoms with van der Waals surface area (Å²) >= 11 is 0. The van der Waals surface area contributed by atoms with E-state index in [1.54, 1.807) is 27.0 Å². The van der Waals surface area contributed by atoms with Gasteiger partial charge in [0.1, 0.15) is 5.82 Å². The summed E-state index contributed by atoms with van der Waals surface area (Å²) in [5.41, 5.74) is 0.810. The van der Waals surface area contributed by atoms with E-state index in [0.29, 0.717) is 12.1 Å². The summed E-state index contributed by atoms with van der Waals surface area (Å²) in [5.74, 6) is 0.687. The van der Waals surface area contributed by atoms with E-state index in [-0.39, 0.29) is 10.8 Å². The van der Waals surface area contributed by atoms with Crippen LogP contribution in [0.5, 0.6) is 0 Å². The molecule has 7 nitrogen and oxygen atoms in total. The quantitative estimate of drug-likeness (QED) is 0.755. The zero-order valence-corrected chi connectivity index (χ0v) is 17.9. The summed E-state index contributed by atoms with van der Waals surface area (Å²) in [6.07, 6.45) is 4.12. The molecule has 0 spiro atoms. The predicted molar refractivity (Wildman–Crippen MR) is 113 cm³/mol. The molecule has 1 aromatic carbocycles. The Morgan fingerprint density at radius 2 is 1.76 bits per heavy atom. The Bertz CT molecular complexity index is 960. The van der Waals surface area contributed by atoms with Crippen LogP contribution < -0.4 is 14.9 Å². The fourth-order valence-electron chi connectivity index (χ4n) is 3.22. The van der Waals surface area contributed by atoms with E-state index in [9.17, 15) is 13.2 Å². The van der Waals surface area contributed by atoms with Crippen LogP contribution in [0.15, 0.2) is 47.5 Å². The Morgan fingerprint density at radius 3 is 2.38 bits per heavy atom. The third kappa shape index (κ3) is 5.77. The number of nitrogens with one attached hydrogen (secondary N) is 2. The van der Waals surface area contributed by atoms with Gasteiger partial charge in [0.25, 0.3) is 5.91 Å². The highest BCUT2D eigenvalue weighted by molar-refractivity contribution is 7.89. The second kappa shape index (κ2) is 8.51. The van der Waals surface area contributed by atoms with Crippen molar-refractivity contribution < 1.29 is 13.2 Å². The fourth-order valence-corrected chi connectivity index (χ4v) is 4.64. The van der Waals surface area contributed by atoms with Gasteiger partial charge < -0.3 is 10.2 Å². The highest BCUT2D eigenvalue weighted by Gasteiger charge is 2.22. The predicted octanol–water partition coefficient (Wildman–Crippen LogP) is 2.69. The molecule has 2 aromatic rings. The van der Waals surface area contributed by atoms with Crippen molar-refractivity contribution in [1.29, 1.82) is 0 Å². The van der Waals surface area contributed by atoms with Gasteiger partial charge in [-0.2, -0.15) is 0 Å². The van der Waals surface area contributed by atoms with Crippen LogP contribution in [0.1, 0.15) is 49.5 Å². The molecule has 3 rings (SSSR count). The van der Waals surface area contributed by atoms with Crippen molar-refractivity contribution in [1.82, 2.24) is 15.0 Å². The molecule has 1 aliphatic rings. The second-order valence-electron chi connectivity index (χ2n) is 8.28. The molecule has 156 valence electrons. The van der Waals surface area contributed by atoms with Gasteiger partial charge in [-0.25, -0.2) is 18.1 Å². The smallest absolute Gasteiger partial charge is 0.251 e. The van der Waals surface area contributed by atoms with Gasteiger partial charge in [0, 0.05) is 36.9 Å². The number of hydrogen-bond acceptors (Lipinski definition) is 5. The number of pyridine rings is 1. The summed E-state index contributed by atoms with van der Waals surface area (Å²) in [6, 6.07) is 9.82. The van der Waals surface area contributed by atoms with Crippen LogP contribution in [-0.2, 0) is 16.6 Å². The zero-order chi connectivity index (χ0) is 21.1. The molecule has 0 aliphatic carbocycles. The van der Waals surface area contributed by atoms with E-state index in [1.807, 2.05) is 12.1 Å². The van der Waals surface area contributed by atoms with Gasteiger partial charge in [-0.1, -0.05) is 0 Å². The normalized spacial score (nSPS) is 14.8.